The first-order valence-corrected chi connectivity index (χ1v) is 8.68. The largest absolute Gasteiger partial charge is 0.297 e. The third-order valence-corrected chi connectivity index (χ3v) is 4.42. The van der Waals surface area contributed by atoms with Crippen LogP contribution in [-0.4, -0.2) is 30.3 Å². The van der Waals surface area contributed by atoms with E-state index in [2.05, 4.69) is 25.0 Å². The number of nitrogens with zero attached hydrogens (tertiary/aromatic N) is 5. The number of rotatable bonds is 4. The summed E-state index contributed by atoms with van der Waals surface area (Å²) < 4.78 is 6.04. The Hall–Kier alpha value is -3.39. The van der Waals surface area contributed by atoms with E-state index in [-0.39, 0.29) is 5.91 Å². The molecule has 128 valence electrons. The molecule has 2 heterocycles. The first kappa shape index (κ1) is 16.1. The van der Waals surface area contributed by atoms with Crippen molar-refractivity contribution in [2.45, 2.75) is 6.92 Å². The molecule has 0 aliphatic carbocycles. The lowest BCUT2D eigenvalue weighted by Gasteiger charge is -2.02. The van der Waals surface area contributed by atoms with Crippen LogP contribution in [0.15, 0.2) is 60.7 Å². The molecule has 2 aromatic heterocycles. The van der Waals surface area contributed by atoms with E-state index in [0.717, 1.165) is 22.9 Å². The maximum Gasteiger partial charge on any atom is 0.257 e. The number of nitrogens with one attached hydrogen (secondary N) is 1. The Labute approximate surface area is 153 Å². The van der Waals surface area contributed by atoms with Gasteiger partial charge in [-0.25, -0.2) is 4.68 Å². The fourth-order valence-corrected chi connectivity index (χ4v) is 3.05. The van der Waals surface area contributed by atoms with Crippen LogP contribution in [-0.2, 0) is 0 Å². The van der Waals surface area contributed by atoms with E-state index in [4.69, 9.17) is 0 Å². The first-order chi connectivity index (χ1) is 12.7. The second kappa shape index (κ2) is 6.85. The minimum atomic E-state index is -0.224. The van der Waals surface area contributed by atoms with Crippen molar-refractivity contribution in [2.75, 3.05) is 5.32 Å². The number of anilines is 1. The van der Waals surface area contributed by atoms with Gasteiger partial charge in [0.2, 0.25) is 5.13 Å². The molecule has 0 aliphatic rings. The highest BCUT2D eigenvalue weighted by molar-refractivity contribution is 7.10. The summed E-state index contributed by atoms with van der Waals surface area (Å²) in [6, 6.07) is 18.7. The number of amides is 1. The maximum atomic E-state index is 12.2. The van der Waals surface area contributed by atoms with Gasteiger partial charge < -0.3 is 0 Å². The summed E-state index contributed by atoms with van der Waals surface area (Å²) in [6.45, 7) is 1.91. The van der Waals surface area contributed by atoms with Crippen molar-refractivity contribution in [3.63, 3.8) is 0 Å². The molecule has 0 bridgehead atoms. The molecule has 0 aliphatic heterocycles. The number of hydrogen-bond acceptors (Lipinski definition) is 6. The van der Waals surface area contributed by atoms with Gasteiger partial charge in [0.15, 0.2) is 11.5 Å². The van der Waals surface area contributed by atoms with Crippen molar-refractivity contribution in [3.05, 3.63) is 71.9 Å². The van der Waals surface area contributed by atoms with Gasteiger partial charge in [-0.2, -0.15) is 9.36 Å². The van der Waals surface area contributed by atoms with Crippen LogP contribution in [0.3, 0.4) is 0 Å². The van der Waals surface area contributed by atoms with Crippen molar-refractivity contribution in [3.8, 4) is 17.2 Å². The van der Waals surface area contributed by atoms with E-state index in [1.54, 1.807) is 16.8 Å². The van der Waals surface area contributed by atoms with Crippen LogP contribution in [0.4, 0.5) is 5.13 Å². The first-order valence-electron chi connectivity index (χ1n) is 7.90. The van der Waals surface area contributed by atoms with Crippen LogP contribution in [0.25, 0.3) is 17.2 Å². The average Bonchev–Trinajstić information content (AvgIpc) is 3.29. The van der Waals surface area contributed by atoms with Gasteiger partial charge in [-0.15, -0.1) is 5.10 Å². The predicted molar refractivity (Wildman–Crippen MR) is 99.4 cm³/mol. The van der Waals surface area contributed by atoms with Gasteiger partial charge in [-0.3, -0.25) is 10.1 Å². The summed E-state index contributed by atoms with van der Waals surface area (Å²) in [6.07, 6.45) is 0. The Bertz CT molecular complexity index is 1040. The van der Waals surface area contributed by atoms with E-state index >= 15 is 0 Å². The summed E-state index contributed by atoms with van der Waals surface area (Å²) in [7, 11) is 0. The Morgan fingerprint density at radius 2 is 1.73 bits per heavy atom. The molecule has 0 spiro atoms. The van der Waals surface area contributed by atoms with Crippen molar-refractivity contribution >= 4 is 22.6 Å². The lowest BCUT2D eigenvalue weighted by Crippen LogP contribution is -2.11. The van der Waals surface area contributed by atoms with E-state index in [9.17, 15) is 4.79 Å². The van der Waals surface area contributed by atoms with Crippen LogP contribution in [0.1, 0.15) is 16.1 Å². The van der Waals surface area contributed by atoms with Crippen LogP contribution in [0.2, 0.25) is 0 Å². The summed E-state index contributed by atoms with van der Waals surface area (Å²) in [4.78, 5) is 16.6. The number of hydrogen-bond donors (Lipinski definition) is 1. The van der Waals surface area contributed by atoms with Gasteiger partial charge in [0.05, 0.1) is 11.4 Å². The van der Waals surface area contributed by atoms with Crippen molar-refractivity contribution < 1.29 is 4.79 Å². The van der Waals surface area contributed by atoms with Crippen LogP contribution in [0.5, 0.6) is 0 Å². The summed E-state index contributed by atoms with van der Waals surface area (Å²) in [5.41, 5.74) is 2.90. The van der Waals surface area contributed by atoms with Gasteiger partial charge >= 0.3 is 0 Å². The minimum Gasteiger partial charge on any atom is -0.297 e. The second-order valence-corrected chi connectivity index (χ2v) is 6.27. The third-order valence-electron chi connectivity index (χ3n) is 3.79. The molecule has 8 heteroatoms. The van der Waals surface area contributed by atoms with Gasteiger partial charge in [0, 0.05) is 17.1 Å². The molecule has 0 fully saturated rings. The third kappa shape index (κ3) is 3.09. The van der Waals surface area contributed by atoms with Crippen LogP contribution in [0, 0.1) is 6.92 Å². The number of para-hydroxylation sites is 1. The topological polar surface area (TPSA) is 85.6 Å². The Morgan fingerprint density at radius 1 is 1.04 bits per heavy atom. The molecule has 0 atom stereocenters. The lowest BCUT2D eigenvalue weighted by atomic mass is 10.2. The van der Waals surface area contributed by atoms with Gasteiger partial charge in [-0.05, 0) is 31.2 Å². The maximum absolute atomic E-state index is 12.2. The predicted octanol–water partition coefficient (Wildman–Crippen LogP) is 3.35. The highest BCUT2D eigenvalue weighted by Gasteiger charge is 2.17. The fourth-order valence-electron chi connectivity index (χ4n) is 2.48. The lowest BCUT2D eigenvalue weighted by molar-refractivity contribution is 0.102. The molecule has 1 N–H and O–H groups in total. The van der Waals surface area contributed by atoms with E-state index < -0.39 is 0 Å². The Morgan fingerprint density at radius 3 is 2.46 bits per heavy atom. The number of aromatic nitrogens is 5. The van der Waals surface area contributed by atoms with Crippen molar-refractivity contribution in [1.82, 2.24) is 24.4 Å². The van der Waals surface area contributed by atoms with E-state index in [1.165, 1.54) is 0 Å². The highest BCUT2D eigenvalue weighted by atomic mass is 32.1. The zero-order valence-corrected chi connectivity index (χ0v) is 14.6. The molecule has 0 saturated carbocycles. The van der Waals surface area contributed by atoms with E-state index in [1.807, 2.05) is 55.5 Å². The monoisotopic (exact) mass is 362 g/mol. The van der Waals surface area contributed by atoms with Gasteiger partial charge in [0.25, 0.3) is 5.91 Å². The smallest absolute Gasteiger partial charge is 0.257 e. The summed E-state index contributed by atoms with van der Waals surface area (Å²) in [5.74, 6) is 0.219. The molecule has 4 rings (SSSR count). The molecule has 1 amide bonds. The van der Waals surface area contributed by atoms with Gasteiger partial charge in [0.1, 0.15) is 0 Å². The fraction of sp³-hybridized carbons (Fsp3) is 0.0556. The molecule has 7 nitrogen and oxygen atoms in total. The number of carbonyl (C=O) groups is 1. The molecule has 2 aromatic carbocycles. The van der Waals surface area contributed by atoms with Crippen molar-refractivity contribution in [1.29, 1.82) is 0 Å². The molecular weight excluding hydrogens is 348 g/mol. The summed E-state index contributed by atoms with van der Waals surface area (Å²) in [5, 5.41) is 11.6. The normalized spacial score (nSPS) is 10.7. The average molecular weight is 362 g/mol. The highest BCUT2D eigenvalue weighted by Crippen LogP contribution is 2.23. The molecule has 26 heavy (non-hydrogen) atoms. The second-order valence-electron chi connectivity index (χ2n) is 5.51. The molecule has 0 saturated heterocycles. The zero-order valence-electron chi connectivity index (χ0n) is 13.8. The SMILES string of the molecule is Cc1c(-c2nsc(NC(=O)c3ccccc3)n2)nnn1-c1ccccc1. The van der Waals surface area contributed by atoms with Crippen LogP contribution < -0.4 is 5.32 Å². The molecule has 0 unspecified atom stereocenters. The van der Waals surface area contributed by atoms with Gasteiger partial charge in [-0.1, -0.05) is 41.6 Å². The van der Waals surface area contributed by atoms with Crippen molar-refractivity contribution in [2.24, 2.45) is 0 Å². The minimum absolute atomic E-state index is 0.224. The summed E-state index contributed by atoms with van der Waals surface area (Å²) >= 11 is 1.11. The number of benzene rings is 2. The molecule has 0 radical (unpaired) electrons. The van der Waals surface area contributed by atoms with E-state index in [0.29, 0.717) is 22.2 Å². The molecule has 4 aromatic rings. The van der Waals surface area contributed by atoms with Crippen LogP contribution >= 0.6 is 11.5 Å². The zero-order chi connectivity index (χ0) is 17.9. The molecular formula is C18H14N6OS. The Balaban J connectivity index is 1.57. The number of carbonyl (C=O) groups excluding carboxylic acids is 1. The standard InChI is InChI=1S/C18H14N6OS/c1-12-15(21-23-24(12)14-10-6-3-7-11-14)16-19-18(26-22-16)20-17(25)13-8-4-2-5-9-13/h2-11H,1H3,(H,19,20,22,25). The quantitative estimate of drug-likeness (QED) is 0.602. The Kier molecular flexibility index (Phi) is 4.24.